The van der Waals surface area contributed by atoms with Crippen LogP contribution < -0.4 is 10.3 Å². The molecule has 0 saturated heterocycles. The van der Waals surface area contributed by atoms with Gasteiger partial charge in [0.25, 0.3) is 5.56 Å². The van der Waals surface area contributed by atoms with E-state index in [0.29, 0.717) is 18.7 Å². The Morgan fingerprint density at radius 2 is 1.89 bits per heavy atom. The smallest absolute Gasteiger partial charge is 0.252 e. The number of H-pyrrole nitrogens is 1. The average Bonchev–Trinajstić information content (AvgIpc) is 3.40. The van der Waals surface area contributed by atoms with Gasteiger partial charge in [0.2, 0.25) is 0 Å². The van der Waals surface area contributed by atoms with E-state index in [1.165, 1.54) is 31.4 Å². The minimum atomic E-state index is -0.275. The molecule has 1 saturated carbocycles. The van der Waals surface area contributed by atoms with Gasteiger partial charge in [0, 0.05) is 29.6 Å². The fourth-order valence-electron chi connectivity index (χ4n) is 5.40. The summed E-state index contributed by atoms with van der Waals surface area (Å²) in [6.07, 6.45) is 6.49. The zero-order chi connectivity index (χ0) is 25.8. The molecule has 1 N–H and O–H groups in total. The molecule has 0 unspecified atom stereocenters. The van der Waals surface area contributed by atoms with Crippen molar-refractivity contribution < 1.29 is 9.13 Å². The maximum Gasteiger partial charge on any atom is 0.252 e. The lowest BCUT2D eigenvalue weighted by Crippen LogP contribution is -2.33. The number of halogens is 1. The number of tetrazole rings is 1. The normalized spacial score (nSPS) is 15.4. The molecule has 37 heavy (non-hydrogen) atoms. The van der Waals surface area contributed by atoms with Crippen molar-refractivity contribution in [3.63, 3.8) is 0 Å². The minimum absolute atomic E-state index is 0.123. The van der Waals surface area contributed by atoms with Crippen LogP contribution in [0.3, 0.4) is 0 Å². The van der Waals surface area contributed by atoms with Gasteiger partial charge in [-0.3, -0.25) is 9.69 Å². The van der Waals surface area contributed by atoms with E-state index in [9.17, 15) is 9.18 Å². The highest BCUT2D eigenvalue weighted by molar-refractivity contribution is 5.80. The van der Waals surface area contributed by atoms with Gasteiger partial charge in [0.15, 0.2) is 5.82 Å². The molecule has 5 rings (SSSR count). The van der Waals surface area contributed by atoms with E-state index in [4.69, 9.17) is 4.74 Å². The van der Waals surface area contributed by atoms with E-state index in [1.54, 1.807) is 19.2 Å². The standard InChI is InChI=1S/C28H33FN6O2/c1-3-26(27-31-32-33-35(27)23-7-5-4-6-8-23)34(17-19-9-11-22(29)12-10-19)18-21-15-20-16-24(37-2)13-14-25(20)30-28(21)36/h9-16,23,26H,3-8,17-18H2,1-2H3,(H,30,36)/t26-/m0/s1. The van der Waals surface area contributed by atoms with Gasteiger partial charge in [-0.1, -0.05) is 38.3 Å². The number of rotatable bonds is 9. The largest absolute Gasteiger partial charge is 0.497 e. The van der Waals surface area contributed by atoms with Crippen molar-refractivity contribution >= 4 is 10.9 Å². The summed E-state index contributed by atoms with van der Waals surface area (Å²) in [4.78, 5) is 18.3. The number of methoxy groups -OCH3 is 1. The molecule has 2 heterocycles. The van der Waals surface area contributed by atoms with Gasteiger partial charge in [-0.25, -0.2) is 9.07 Å². The Morgan fingerprint density at radius 3 is 2.62 bits per heavy atom. The molecule has 1 atom stereocenters. The molecule has 0 aliphatic heterocycles. The van der Waals surface area contributed by atoms with Gasteiger partial charge in [0.1, 0.15) is 11.6 Å². The summed E-state index contributed by atoms with van der Waals surface area (Å²) in [7, 11) is 1.63. The zero-order valence-electron chi connectivity index (χ0n) is 21.4. The number of fused-ring (bicyclic) bond motifs is 1. The van der Waals surface area contributed by atoms with E-state index < -0.39 is 0 Å². The van der Waals surface area contributed by atoms with E-state index in [0.717, 1.165) is 47.3 Å². The number of hydrogen-bond donors (Lipinski definition) is 1. The molecule has 0 bridgehead atoms. The number of aromatic amines is 1. The summed E-state index contributed by atoms with van der Waals surface area (Å²) in [6, 6.07) is 14.2. The summed E-state index contributed by atoms with van der Waals surface area (Å²) in [6.45, 7) is 3.01. The van der Waals surface area contributed by atoms with E-state index >= 15 is 0 Å². The molecule has 8 nitrogen and oxygen atoms in total. The van der Waals surface area contributed by atoms with Gasteiger partial charge in [-0.2, -0.15) is 0 Å². The molecule has 0 amide bonds. The first-order valence-electron chi connectivity index (χ1n) is 13.0. The van der Waals surface area contributed by atoms with Crippen molar-refractivity contribution in [2.75, 3.05) is 7.11 Å². The molecule has 0 spiro atoms. The average molecular weight is 505 g/mol. The predicted octanol–water partition coefficient (Wildman–Crippen LogP) is 5.32. The molecule has 9 heteroatoms. The maximum atomic E-state index is 13.6. The summed E-state index contributed by atoms with van der Waals surface area (Å²) >= 11 is 0. The molecule has 0 radical (unpaired) electrons. The van der Waals surface area contributed by atoms with Gasteiger partial charge in [-0.15, -0.1) is 5.10 Å². The minimum Gasteiger partial charge on any atom is -0.497 e. The van der Waals surface area contributed by atoms with E-state index in [2.05, 4.69) is 32.3 Å². The van der Waals surface area contributed by atoms with Crippen molar-refractivity contribution in [2.45, 2.75) is 70.6 Å². The summed E-state index contributed by atoms with van der Waals surface area (Å²) < 4.78 is 21.0. The van der Waals surface area contributed by atoms with Crippen molar-refractivity contribution in [1.82, 2.24) is 30.1 Å². The Hall–Kier alpha value is -3.59. The van der Waals surface area contributed by atoms with E-state index in [-0.39, 0.29) is 23.5 Å². The van der Waals surface area contributed by atoms with Crippen LogP contribution >= 0.6 is 0 Å². The lowest BCUT2D eigenvalue weighted by Gasteiger charge is -2.32. The Labute approximate surface area is 215 Å². The molecule has 1 aliphatic carbocycles. The second-order valence-electron chi connectivity index (χ2n) is 9.81. The molecular weight excluding hydrogens is 471 g/mol. The third-order valence-corrected chi connectivity index (χ3v) is 7.37. The van der Waals surface area contributed by atoms with E-state index in [1.807, 2.05) is 28.9 Å². The van der Waals surface area contributed by atoms with Crippen LogP contribution in [0.25, 0.3) is 10.9 Å². The van der Waals surface area contributed by atoms with Crippen LogP contribution in [-0.4, -0.2) is 37.2 Å². The lowest BCUT2D eigenvalue weighted by atomic mass is 9.95. The Kier molecular flexibility index (Phi) is 7.60. The summed E-state index contributed by atoms with van der Waals surface area (Å²) in [5.41, 5.74) is 2.21. The molecule has 1 aliphatic rings. The Balaban J connectivity index is 1.52. The molecule has 4 aromatic rings. The van der Waals surface area contributed by atoms with Crippen molar-refractivity contribution in [3.8, 4) is 5.75 Å². The van der Waals surface area contributed by atoms with Crippen LogP contribution in [0.1, 0.15) is 74.5 Å². The topological polar surface area (TPSA) is 88.9 Å². The second-order valence-corrected chi connectivity index (χ2v) is 9.81. The number of aromatic nitrogens is 5. The number of nitrogens with one attached hydrogen (secondary N) is 1. The molecular formula is C28H33FN6O2. The highest BCUT2D eigenvalue weighted by Crippen LogP contribution is 2.33. The SMILES string of the molecule is CC[C@@H](c1nnnn1C1CCCCC1)N(Cc1ccc(F)cc1)Cc1cc2cc(OC)ccc2[nH]c1=O. The number of benzene rings is 2. The van der Waals surface area contributed by atoms with Gasteiger partial charge < -0.3 is 9.72 Å². The fourth-order valence-corrected chi connectivity index (χ4v) is 5.40. The summed E-state index contributed by atoms with van der Waals surface area (Å²) in [5, 5.41) is 13.8. The second kappa shape index (κ2) is 11.2. The van der Waals surface area contributed by atoms with Crippen LogP contribution in [0, 0.1) is 5.82 Å². The third kappa shape index (κ3) is 5.56. The number of ether oxygens (including phenoxy) is 1. The lowest BCUT2D eigenvalue weighted by molar-refractivity contribution is 0.155. The molecule has 1 fully saturated rings. The van der Waals surface area contributed by atoms with Crippen LogP contribution in [0.2, 0.25) is 0 Å². The van der Waals surface area contributed by atoms with Crippen LogP contribution in [-0.2, 0) is 13.1 Å². The summed E-state index contributed by atoms with van der Waals surface area (Å²) in [5.74, 6) is 1.27. The van der Waals surface area contributed by atoms with Crippen LogP contribution in [0.15, 0.2) is 53.3 Å². The van der Waals surface area contributed by atoms with Crippen molar-refractivity contribution in [1.29, 1.82) is 0 Å². The Bertz CT molecular complexity index is 1390. The number of hydrogen-bond acceptors (Lipinski definition) is 6. The quantitative estimate of drug-likeness (QED) is 0.332. The number of pyridine rings is 1. The van der Waals surface area contributed by atoms with Crippen molar-refractivity contribution in [3.05, 3.63) is 81.7 Å². The molecule has 2 aromatic carbocycles. The molecule has 194 valence electrons. The zero-order valence-corrected chi connectivity index (χ0v) is 21.4. The maximum absolute atomic E-state index is 13.6. The van der Waals surface area contributed by atoms with Gasteiger partial charge >= 0.3 is 0 Å². The molecule has 2 aromatic heterocycles. The first kappa shape index (κ1) is 25.1. The number of nitrogens with zero attached hydrogens (tertiary/aromatic N) is 5. The van der Waals surface area contributed by atoms with Crippen LogP contribution in [0.4, 0.5) is 4.39 Å². The first-order valence-corrected chi connectivity index (χ1v) is 13.0. The Morgan fingerprint density at radius 1 is 1.11 bits per heavy atom. The van der Waals surface area contributed by atoms with Crippen LogP contribution in [0.5, 0.6) is 5.75 Å². The van der Waals surface area contributed by atoms with Gasteiger partial charge in [0.05, 0.1) is 19.2 Å². The predicted molar refractivity (Wildman–Crippen MR) is 140 cm³/mol. The van der Waals surface area contributed by atoms with Crippen molar-refractivity contribution in [2.24, 2.45) is 0 Å². The monoisotopic (exact) mass is 504 g/mol. The highest BCUT2D eigenvalue weighted by atomic mass is 19.1. The first-order chi connectivity index (χ1) is 18.1. The van der Waals surface area contributed by atoms with Gasteiger partial charge in [-0.05, 0) is 71.7 Å². The highest BCUT2D eigenvalue weighted by Gasteiger charge is 2.29. The third-order valence-electron chi connectivity index (χ3n) is 7.37. The fraction of sp³-hybridized carbons (Fsp3) is 0.429.